The quantitative estimate of drug-likeness (QED) is 0.841. The fourth-order valence-corrected chi connectivity index (χ4v) is 2.60. The van der Waals surface area contributed by atoms with Gasteiger partial charge in [-0.2, -0.15) is 0 Å². The minimum atomic E-state index is -0.790. The zero-order valence-electron chi connectivity index (χ0n) is 11.9. The normalized spacial score (nSPS) is 12.4. The summed E-state index contributed by atoms with van der Waals surface area (Å²) in [7, 11) is 1.86. The molecule has 0 spiro atoms. The molecule has 0 aromatic heterocycles. The Hall–Kier alpha value is -1.45. The molecule has 1 nitrogen and oxygen atoms in total. The summed E-state index contributed by atoms with van der Waals surface area (Å²) in [6.07, 6.45) is 1.28. The minimum Gasteiger partial charge on any atom is -0.319 e. The lowest BCUT2D eigenvalue weighted by Crippen LogP contribution is -2.23. The van der Waals surface area contributed by atoms with Crippen LogP contribution >= 0.6 is 11.6 Å². The van der Waals surface area contributed by atoms with Crippen molar-refractivity contribution < 1.29 is 8.78 Å². The van der Waals surface area contributed by atoms with Crippen molar-refractivity contribution in [3.05, 3.63) is 70.2 Å². The molecule has 112 valence electrons. The molecule has 2 rings (SSSR count). The van der Waals surface area contributed by atoms with Crippen LogP contribution in [0.3, 0.4) is 0 Å². The highest BCUT2D eigenvalue weighted by Gasteiger charge is 2.15. The Morgan fingerprint density at radius 1 is 1.05 bits per heavy atom. The molecule has 0 heterocycles. The smallest absolute Gasteiger partial charge is 0.162 e. The van der Waals surface area contributed by atoms with Crippen LogP contribution in [0, 0.1) is 17.6 Å². The molecule has 0 bridgehead atoms. The highest BCUT2D eigenvalue weighted by Crippen LogP contribution is 2.19. The van der Waals surface area contributed by atoms with Gasteiger partial charge in [0.25, 0.3) is 0 Å². The third-order valence-corrected chi connectivity index (χ3v) is 3.72. The molecule has 0 saturated heterocycles. The molecule has 0 aliphatic rings. The van der Waals surface area contributed by atoms with Crippen molar-refractivity contribution in [2.45, 2.75) is 12.8 Å². The Morgan fingerprint density at radius 2 is 1.76 bits per heavy atom. The maximum atomic E-state index is 13.8. The molecule has 2 aromatic rings. The highest BCUT2D eigenvalue weighted by molar-refractivity contribution is 6.30. The second-order valence-corrected chi connectivity index (χ2v) is 5.61. The van der Waals surface area contributed by atoms with E-state index >= 15 is 0 Å². The van der Waals surface area contributed by atoms with E-state index in [2.05, 4.69) is 5.32 Å². The van der Waals surface area contributed by atoms with Crippen molar-refractivity contribution in [1.29, 1.82) is 0 Å². The van der Waals surface area contributed by atoms with Crippen LogP contribution in [-0.2, 0) is 12.8 Å². The van der Waals surface area contributed by atoms with Crippen molar-refractivity contribution in [3.8, 4) is 0 Å². The van der Waals surface area contributed by atoms with Gasteiger partial charge in [-0.1, -0.05) is 35.9 Å². The predicted molar refractivity (Wildman–Crippen MR) is 82.6 cm³/mol. The molecule has 0 saturated carbocycles. The first-order valence-corrected chi connectivity index (χ1v) is 7.30. The first-order valence-electron chi connectivity index (χ1n) is 6.92. The van der Waals surface area contributed by atoms with E-state index in [0.717, 1.165) is 24.6 Å². The summed E-state index contributed by atoms with van der Waals surface area (Å²) >= 11 is 5.87. The standard InChI is InChI=1S/C17H18ClF2N/c1-21-11-13(9-12-5-7-15(18)8-6-12)10-14-3-2-4-16(19)17(14)20/h2-8,13,21H,9-11H2,1H3. The minimum absolute atomic E-state index is 0.187. The van der Waals surface area contributed by atoms with Gasteiger partial charge < -0.3 is 5.32 Å². The lowest BCUT2D eigenvalue weighted by molar-refractivity contribution is 0.459. The molecule has 0 radical (unpaired) electrons. The molecule has 2 aromatic carbocycles. The van der Waals surface area contributed by atoms with Crippen LogP contribution in [0.15, 0.2) is 42.5 Å². The average Bonchev–Trinajstić information content (AvgIpc) is 2.46. The highest BCUT2D eigenvalue weighted by atomic mass is 35.5. The van der Waals surface area contributed by atoms with Gasteiger partial charge in [0, 0.05) is 5.02 Å². The maximum absolute atomic E-state index is 13.8. The first kappa shape index (κ1) is 15.9. The molecule has 0 fully saturated rings. The number of hydrogen-bond donors (Lipinski definition) is 1. The van der Waals surface area contributed by atoms with Gasteiger partial charge in [-0.05, 0) is 61.7 Å². The van der Waals surface area contributed by atoms with Gasteiger partial charge in [0.2, 0.25) is 0 Å². The maximum Gasteiger partial charge on any atom is 0.162 e. The predicted octanol–water partition coefficient (Wildman–Crippen LogP) is 4.24. The van der Waals surface area contributed by atoms with Gasteiger partial charge in [0.05, 0.1) is 0 Å². The summed E-state index contributed by atoms with van der Waals surface area (Å²) in [5.41, 5.74) is 1.56. The molecule has 21 heavy (non-hydrogen) atoms. The summed E-state index contributed by atoms with van der Waals surface area (Å²) < 4.78 is 27.1. The van der Waals surface area contributed by atoms with E-state index in [1.807, 2.05) is 31.3 Å². The van der Waals surface area contributed by atoms with Crippen molar-refractivity contribution >= 4 is 11.6 Å². The van der Waals surface area contributed by atoms with Crippen LogP contribution < -0.4 is 5.32 Å². The summed E-state index contributed by atoms with van der Waals surface area (Å²) in [6.45, 7) is 0.735. The van der Waals surface area contributed by atoms with E-state index in [9.17, 15) is 8.78 Å². The van der Waals surface area contributed by atoms with E-state index < -0.39 is 11.6 Å². The second kappa shape index (κ2) is 7.53. The Kier molecular flexibility index (Phi) is 5.71. The van der Waals surface area contributed by atoms with Crippen molar-refractivity contribution in [3.63, 3.8) is 0 Å². The number of hydrogen-bond acceptors (Lipinski definition) is 1. The average molecular weight is 310 g/mol. The molecular weight excluding hydrogens is 292 g/mol. The van der Waals surface area contributed by atoms with Gasteiger partial charge in [0.1, 0.15) is 0 Å². The lowest BCUT2D eigenvalue weighted by atomic mass is 9.92. The van der Waals surface area contributed by atoms with E-state index in [4.69, 9.17) is 11.6 Å². The molecule has 1 unspecified atom stereocenters. The van der Waals surface area contributed by atoms with Crippen LogP contribution in [0.2, 0.25) is 5.02 Å². The van der Waals surface area contributed by atoms with E-state index in [1.54, 1.807) is 12.1 Å². The van der Waals surface area contributed by atoms with E-state index in [-0.39, 0.29) is 5.92 Å². The monoisotopic (exact) mass is 309 g/mol. The Balaban J connectivity index is 2.11. The molecule has 4 heteroatoms. The topological polar surface area (TPSA) is 12.0 Å². The Morgan fingerprint density at radius 3 is 2.43 bits per heavy atom. The molecule has 0 amide bonds. The zero-order chi connectivity index (χ0) is 15.2. The zero-order valence-corrected chi connectivity index (χ0v) is 12.6. The number of rotatable bonds is 6. The Labute approximate surface area is 128 Å². The largest absolute Gasteiger partial charge is 0.319 e. The summed E-state index contributed by atoms with van der Waals surface area (Å²) in [4.78, 5) is 0. The van der Waals surface area contributed by atoms with Gasteiger partial charge in [-0.15, -0.1) is 0 Å². The van der Waals surface area contributed by atoms with Crippen LogP contribution in [-0.4, -0.2) is 13.6 Å². The van der Waals surface area contributed by atoms with Crippen LogP contribution in [0.25, 0.3) is 0 Å². The fraction of sp³-hybridized carbons (Fsp3) is 0.294. The summed E-state index contributed by atoms with van der Waals surface area (Å²) in [5, 5.41) is 3.81. The molecule has 1 atom stereocenters. The molecular formula is C17H18ClF2N. The van der Waals surface area contributed by atoms with E-state index in [1.165, 1.54) is 0 Å². The Bertz CT molecular complexity index is 584. The SMILES string of the molecule is CNCC(Cc1ccc(Cl)cc1)Cc1cccc(F)c1F. The number of nitrogens with one attached hydrogen (secondary N) is 1. The van der Waals surface area contributed by atoms with Crippen LogP contribution in [0.5, 0.6) is 0 Å². The third-order valence-electron chi connectivity index (χ3n) is 3.47. The van der Waals surface area contributed by atoms with Crippen molar-refractivity contribution in [1.82, 2.24) is 5.32 Å². The first-order chi connectivity index (χ1) is 10.1. The molecule has 0 aliphatic heterocycles. The number of benzene rings is 2. The third kappa shape index (κ3) is 4.51. The second-order valence-electron chi connectivity index (χ2n) is 5.17. The molecule has 1 N–H and O–H groups in total. The van der Waals surface area contributed by atoms with Gasteiger partial charge in [-0.25, -0.2) is 8.78 Å². The summed E-state index contributed by atoms with van der Waals surface area (Å²) in [6, 6.07) is 12.0. The van der Waals surface area contributed by atoms with Crippen LogP contribution in [0.4, 0.5) is 8.78 Å². The van der Waals surface area contributed by atoms with Gasteiger partial charge in [0.15, 0.2) is 11.6 Å². The van der Waals surface area contributed by atoms with Crippen molar-refractivity contribution in [2.75, 3.05) is 13.6 Å². The van der Waals surface area contributed by atoms with Crippen molar-refractivity contribution in [2.24, 2.45) is 5.92 Å². The lowest BCUT2D eigenvalue weighted by Gasteiger charge is -2.17. The fourth-order valence-electron chi connectivity index (χ4n) is 2.48. The number of halogens is 3. The van der Waals surface area contributed by atoms with Crippen LogP contribution in [0.1, 0.15) is 11.1 Å². The van der Waals surface area contributed by atoms with E-state index in [0.29, 0.717) is 17.0 Å². The van der Waals surface area contributed by atoms with Gasteiger partial charge >= 0.3 is 0 Å². The van der Waals surface area contributed by atoms with Gasteiger partial charge in [-0.3, -0.25) is 0 Å². The summed E-state index contributed by atoms with van der Waals surface area (Å²) in [5.74, 6) is -1.34. The molecule has 0 aliphatic carbocycles.